The highest BCUT2D eigenvalue weighted by Gasteiger charge is 2.40. The van der Waals surface area contributed by atoms with E-state index in [0.29, 0.717) is 5.75 Å². The predicted octanol–water partition coefficient (Wildman–Crippen LogP) is 1.50. The minimum Gasteiger partial charge on any atom is -0.495 e. The SMILES string of the molecule is COc1ccc(S(=O)(=O)N2CSC[C@H]2C(=O)O)cc1Cl. The zero-order valence-corrected chi connectivity index (χ0v) is 12.8. The molecule has 20 heavy (non-hydrogen) atoms. The van der Waals surface area contributed by atoms with Crippen LogP contribution in [0.3, 0.4) is 0 Å². The number of carboxylic acid groups (broad SMARTS) is 1. The summed E-state index contributed by atoms with van der Waals surface area (Å²) in [5.74, 6) is -0.448. The lowest BCUT2D eigenvalue weighted by molar-refractivity contribution is -0.140. The fourth-order valence-electron chi connectivity index (χ4n) is 1.80. The molecule has 0 radical (unpaired) electrons. The van der Waals surface area contributed by atoms with Crippen LogP contribution in [-0.4, -0.2) is 48.6 Å². The molecule has 0 spiro atoms. The molecular weight excluding hydrogens is 326 g/mol. The van der Waals surface area contributed by atoms with Gasteiger partial charge in [-0.3, -0.25) is 4.79 Å². The van der Waals surface area contributed by atoms with Crippen LogP contribution in [0.25, 0.3) is 0 Å². The molecule has 0 amide bonds. The number of sulfonamides is 1. The second-order valence-electron chi connectivity index (χ2n) is 4.04. The second-order valence-corrected chi connectivity index (χ2v) is 7.34. The Morgan fingerprint density at radius 1 is 1.55 bits per heavy atom. The number of nitrogens with zero attached hydrogens (tertiary/aromatic N) is 1. The maximum Gasteiger partial charge on any atom is 0.322 e. The molecule has 2 rings (SSSR count). The Morgan fingerprint density at radius 2 is 2.25 bits per heavy atom. The van der Waals surface area contributed by atoms with Gasteiger partial charge in [-0.2, -0.15) is 4.31 Å². The molecule has 0 saturated carbocycles. The van der Waals surface area contributed by atoms with Crippen molar-refractivity contribution in [2.24, 2.45) is 0 Å². The lowest BCUT2D eigenvalue weighted by Crippen LogP contribution is -2.41. The molecule has 1 fully saturated rings. The average Bonchev–Trinajstić information content (AvgIpc) is 2.88. The highest BCUT2D eigenvalue weighted by molar-refractivity contribution is 8.00. The van der Waals surface area contributed by atoms with Gasteiger partial charge >= 0.3 is 5.97 Å². The van der Waals surface area contributed by atoms with Gasteiger partial charge in [-0.1, -0.05) is 11.6 Å². The zero-order valence-electron chi connectivity index (χ0n) is 10.4. The van der Waals surface area contributed by atoms with Crippen LogP contribution < -0.4 is 4.74 Å². The highest BCUT2D eigenvalue weighted by Crippen LogP contribution is 2.32. The van der Waals surface area contributed by atoms with Gasteiger partial charge in [0.05, 0.1) is 22.9 Å². The first-order valence-corrected chi connectivity index (χ1v) is 8.51. The summed E-state index contributed by atoms with van der Waals surface area (Å²) in [5, 5.41) is 9.22. The Bertz CT molecular complexity index is 634. The van der Waals surface area contributed by atoms with E-state index in [2.05, 4.69) is 0 Å². The molecule has 1 aromatic carbocycles. The number of ether oxygens (including phenoxy) is 1. The van der Waals surface area contributed by atoms with Crippen LogP contribution >= 0.6 is 23.4 Å². The van der Waals surface area contributed by atoms with E-state index in [-0.39, 0.29) is 21.5 Å². The molecule has 9 heteroatoms. The van der Waals surface area contributed by atoms with Gasteiger partial charge in [0.2, 0.25) is 10.0 Å². The Hall–Kier alpha value is -0.960. The Kier molecular flexibility index (Phi) is 4.48. The van der Waals surface area contributed by atoms with E-state index < -0.39 is 22.0 Å². The normalized spacial score (nSPS) is 20.0. The van der Waals surface area contributed by atoms with Crippen molar-refractivity contribution in [1.29, 1.82) is 0 Å². The molecule has 1 heterocycles. The number of hydrogen-bond donors (Lipinski definition) is 1. The van der Waals surface area contributed by atoms with E-state index in [1.165, 1.54) is 37.1 Å². The first kappa shape index (κ1) is 15.4. The van der Waals surface area contributed by atoms with Crippen LogP contribution in [0, 0.1) is 0 Å². The van der Waals surface area contributed by atoms with Crippen LogP contribution in [0.5, 0.6) is 5.75 Å². The second kappa shape index (κ2) is 5.80. The zero-order chi connectivity index (χ0) is 14.9. The molecule has 110 valence electrons. The minimum absolute atomic E-state index is 0.0444. The lowest BCUT2D eigenvalue weighted by atomic mass is 10.3. The van der Waals surface area contributed by atoms with Crippen molar-refractivity contribution < 1.29 is 23.1 Å². The van der Waals surface area contributed by atoms with Gasteiger partial charge < -0.3 is 9.84 Å². The third-order valence-corrected chi connectivity index (χ3v) is 6.18. The molecule has 1 saturated heterocycles. The molecular formula is C11H12ClNO5S2. The first-order chi connectivity index (χ1) is 9.37. The van der Waals surface area contributed by atoms with Gasteiger partial charge in [0.25, 0.3) is 0 Å². The third kappa shape index (κ3) is 2.73. The molecule has 1 N–H and O–H groups in total. The van der Waals surface area contributed by atoms with Crippen LogP contribution in [0.2, 0.25) is 5.02 Å². The van der Waals surface area contributed by atoms with E-state index in [0.717, 1.165) is 4.31 Å². The number of benzene rings is 1. The fraction of sp³-hybridized carbons (Fsp3) is 0.364. The van der Waals surface area contributed by atoms with E-state index in [1.807, 2.05) is 0 Å². The minimum atomic E-state index is -3.89. The molecule has 0 aromatic heterocycles. The maximum absolute atomic E-state index is 12.5. The van der Waals surface area contributed by atoms with Crippen molar-refractivity contribution in [2.75, 3.05) is 18.7 Å². The summed E-state index contributed by atoms with van der Waals surface area (Å²) in [5.41, 5.74) is 0. The number of halogens is 1. The highest BCUT2D eigenvalue weighted by atomic mass is 35.5. The van der Waals surface area contributed by atoms with E-state index in [9.17, 15) is 13.2 Å². The number of carbonyl (C=O) groups is 1. The molecule has 1 atom stereocenters. The summed E-state index contributed by atoms with van der Waals surface area (Å²) in [4.78, 5) is 11.0. The molecule has 1 aromatic rings. The summed E-state index contributed by atoms with van der Waals surface area (Å²) in [6.45, 7) is 0. The van der Waals surface area contributed by atoms with Crippen molar-refractivity contribution in [3.05, 3.63) is 23.2 Å². The summed E-state index contributed by atoms with van der Waals surface area (Å²) >= 11 is 7.17. The molecule has 0 bridgehead atoms. The number of aliphatic carboxylic acids is 1. The monoisotopic (exact) mass is 337 g/mol. The summed E-state index contributed by atoms with van der Waals surface area (Å²) in [6.07, 6.45) is 0. The van der Waals surface area contributed by atoms with Crippen LogP contribution in [0.4, 0.5) is 0 Å². The van der Waals surface area contributed by atoms with Gasteiger partial charge in [-0.05, 0) is 18.2 Å². The van der Waals surface area contributed by atoms with Crippen LogP contribution in [-0.2, 0) is 14.8 Å². The summed E-state index contributed by atoms with van der Waals surface area (Å²) < 4.78 is 30.8. The van der Waals surface area contributed by atoms with Crippen molar-refractivity contribution in [3.8, 4) is 5.75 Å². The fourth-order valence-corrected chi connectivity index (χ4v) is 5.29. The van der Waals surface area contributed by atoms with Crippen LogP contribution in [0.1, 0.15) is 0 Å². The largest absolute Gasteiger partial charge is 0.495 e. The molecule has 1 aliphatic rings. The summed E-state index contributed by atoms with van der Waals surface area (Å²) in [6, 6.07) is 3.00. The van der Waals surface area contributed by atoms with E-state index in [1.54, 1.807) is 0 Å². The van der Waals surface area contributed by atoms with Gasteiger partial charge in [-0.25, -0.2) is 8.42 Å². The number of hydrogen-bond acceptors (Lipinski definition) is 5. The Labute approximate surface area is 125 Å². The smallest absolute Gasteiger partial charge is 0.322 e. The van der Waals surface area contributed by atoms with Gasteiger partial charge in [-0.15, -0.1) is 11.8 Å². The van der Waals surface area contributed by atoms with Gasteiger partial charge in [0.15, 0.2) is 0 Å². The molecule has 1 aliphatic heterocycles. The van der Waals surface area contributed by atoms with Crippen LogP contribution in [0.15, 0.2) is 23.1 Å². The van der Waals surface area contributed by atoms with Crippen molar-refractivity contribution >= 4 is 39.4 Å². The Balaban J connectivity index is 2.40. The third-order valence-electron chi connectivity index (χ3n) is 2.86. The topological polar surface area (TPSA) is 83.9 Å². The molecule has 6 nitrogen and oxygen atoms in total. The Morgan fingerprint density at radius 3 is 2.80 bits per heavy atom. The van der Waals surface area contributed by atoms with Gasteiger partial charge in [0, 0.05) is 5.75 Å². The van der Waals surface area contributed by atoms with Gasteiger partial charge in [0.1, 0.15) is 11.8 Å². The van der Waals surface area contributed by atoms with E-state index in [4.69, 9.17) is 21.4 Å². The van der Waals surface area contributed by atoms with Crippen molar-refractivity contribution in [1.82, 2.24) is 4.31 Å². The number of thioether (sulfide) groups is 1. The quantitative estimate of drug-likeness (QED) is 0.896. The predicted molar refractivity (Wildman–Crippen MR) is 75.8 cm³/mol. The number of methoxy groups -OCH3 is 1. The van der Waals surface area contributed by atoms with Crippen molar-refractivity contribution in [3.63, 3.8) is 0 Å². The number of carboxylic acids is 1. The van der Waals surface area contributed by atoms with E-state index >= 15 is 0 Å². The molecule has 0 unspecified atom stereocenters. The maximum atomic E-state index is 12.5. The summed E-state index contributed by atoms with van der Waals surface area (Å²) in [7, 11) is -2.47. The standard InChI is InChI=1S/C11H12ClNO5S2/c1-18-10-3-2-7(4-8(10)12)20(16,17)13-6-19-5-9(13)11(14)15/h2-4,9H,5-6H2,1H3,(H,14,15)/t9-/m0/s1. The average molecular weight is 338 g/mol. The first-order valence-electron chi connectivity index (χ1n) is 5.54. The molecule has 0 aliphatic carbocycles. The van der Waals surface area contributed by atoms with Crippen molar-refractivity contribution in [2.45, 2.75) is 10.9 Å². The number of rotatable bonds is 4. The lowest BCUT2D eigenvalue weighted by Gasteiger charge is -2.20.